The highest BCUT2D eigenvalue weighted by Gasteiger charge is 2.15. The number of halogens is 3. The summed E-state index contributed by atoms with van der Waals surface area (Å²) in [6.07, 6.45) is 0. The van der Waals surface area contributed by atoms with Gasteiger partial charge in [0.1, 0.15) is 0 Å². The van der Waals surface area contributed by atoms with Crippen molar-refractivity contribution in [2.45, 2.75) is 6.04 Å². The van der Waals surface area contributed by atoms with Crippen molar-refractivity contribution < 1.29 is 0 Å². The van der Waals surface area contributed by atoms with Gasteiger partial charge in [-0.05, 0) is 52.3 Å². The van der Waals surface area contributed by atoms with E-state index in [1.54, 1.807) is 0 Å². The molecule has 0 radical (unpaired) electrons. The van der Waals surface area contributed by atoms with Gasteiger partial charge in [0.15, 0.2) is 0 Å². The Morgan fingerprint density at radius 3 is 2.39 bits per heavy atom. The van der Waals surface area contributed by atoms with Crippen LogP contribution in [0, 0.1) is 0 Å². The fraction of sp³-hybridized carbons (Fsp3) is 0.143. The van der Waals surface area contributed by atoms with Crippen LogP contribution in [0.15, 0.2) is 46.9 Å². The van der Waals surface area contributed by atoms with Gasteiger partial charge in [-0.25, -0.2) is 0 Å². The van der Waals surface area contributed by atoms with E-state index in [2.05, 4.69) is 21.2 Å². The maximum Gasteiger partial charge on any atom is 0.0589 e. The minimum atomic E-state index is 0.0484. The van der Waals surface area contributed by atoms with Gasteiger partial charge in [-0.3, -0.25) is 0 Å². The molecule has 0 aliphatic rings. The molecule has 1 N–H and O–H groups in total. The lowest BCUT2D eigenvalue weighted by molar-refractivity contribution is 0.692. The molecule has 1 nitrogen and oxygen atoms in total. The Bertz CT molecular complexity index is 557. The van der Waals surface area contributed by atoms with E-state index in [4.69, 9.17) is 23.2 Å². The van der Waals surface area contributed by atoms with Crippen LogP contribution in [0.3, 0.4) is 0 Å². The van der Waals surface area contributed by atoms with E-state index in [9.17, 15) is 0 Å². The third kappa shape index (κ3) is 2.89. The summed E-state index contributed by atoms with van der Waals surface area (Å²) in [4.78, 5) is 0. The number of hydrogen-bond donors (Lipinski definition) is 1. The van der Waals surface area contributed by atoms with E-state index in [1.807, 2.05) is 49.5 Å². The van der Waals surface area contributed by atoms with Crippen molar-refractivity contribution in [1.29, 1.82) is 0 Å². The summed E-state index contributed by atoms with van der Waals surface area (Å²) < 4.78 is 0.883. The van der Waals surface area contributed by atoms with Crippen LogP contribution in [0.5, 0.6) is 0 Å². The number of rotatable bonds is 3. The normalized spacial score (nSPS) is 12.4. The largest absolute Gasteiger partial charge is 0.309 e. The van der Waals surface area contributed by atoms with Crippen LogP contribution in [-0.4, -0.2) is 7.05 Å². The summed E-state index contributed by atoms with van der Waals surface area (Å²) in [5, 5.41) is 4.73. The van der Waals surface area contributed by atoms with Gasteiger partial charge < -0.3 is 5.32 Å². The predicted octanol–water partition coefficient (Wildman–Crippen LogP) is 5.06. The molecule has 4 heteroatoms. The monoisotopic (exact) mass is 343 g/mol. The van der Waals surface area contributed by atoms with Crippen molar-refractivity contribution in [3.8, 4) is 0 Å². The van der Waals surface area contributed by atoms with Crippen LogP contribution in [0.4, 0.5) is 0 Å². The SMILES string of the molecule is CNC(c1ccc(Cl)c(Br)c1)c1ccccc1Cl. The number of benzene rings is 2. The fourth-order valence-electron chi connectivity index (χ4n) is 1.90. The fourth-order valence-corrected chi connectivity index (χ4v) is 2.66. The first kappa shape index (κ1) is 13.9. The average Bonchev–Trinajstić information content (AvgIpc) is 2.37. The Kier molecular flexibility index (Phi) is 4.68. The van der Waals surface area contributed by atoms with Crippen LogP contribution >= 0.6 is 39.1 Å². The van der Waals surface area contributed by atoms with Gasteiger partial charge in [0.05, 0.1) is 11.1 Å². The zero-order valence-corrected chi connectivity index (χ0v) is 12.9. The zero-order chi connectivity index (χ0) is 13.1. The van der Waals surface area contributed by atoms with Crippen LogP contribution < -0.4 is 5.32 Å². The van der Waals surface area contributed by atoms with Crippen molar-refractivity contribution in [2.75, 3.05) is 7.05 Å². The van der Waals surface area contributed by atoms with Gasteiger partial charge in [-0.1, -0.05) is 47.5 Å². The highest BCUT2D eigenvalue weighted by Crippen LogP contribution is 2.31. The maximum absolute atomic E-state index is 6.24. The van der Waals surface area contributed by atoms with Gasteiger partial charge in [0, 0.05) is 9.50 Å². The molecule has 0 spiro atoms. The van der Waals surface area contributed by atoms with Gasteiger partial charge >= 0.3 is 0 Å². The summed E-state index contributed by atoms with van der Waals surface area (Å²) in [5.74, 6) is 0. The Morgan fingerprint density at radius 1 is 1.06 bits per heavy atom. The topological polar surface area (TPSA) is 12.0 Å². The van der Waals surface area contributed by atoms with E-state index < -0.39 is 0 Å². The van der Waals surface area contributed by atoms with E-state index in [0.717, 1.165) is 20.6 Å². The highest BCUT2D eigenvalue weighted by atomic mass is 79.9. The molecule has 18 heavy (non-hydrogen) atoms. The van der Waals surface area contributed by atoms with E-state index >= 15 is 0 Å². The van der Waals surface area contributed by atoms with E-state index in [1.165, 1.54) is 0 Å². The summed E-state index contributed by atoms with van der Waals surface area (Å²) in [6.45, 7) is 0. The molecule has 0 saturated carbocycles. The first-order valence-corrected chi connectivity index (χ1v) is 7.05. The summed E-state index contributed by atoms with van der Waals surface area (Å²) in [6, 6.07) is 13.8. The summed E-state index contributed by atoms with van der Waals surface area (Å²) in [5.41, 5.74) is 2.16. The van der Waals surface area contributed by atoms with E-state index in [-0.39, 0.29) is 6.04 Å². The molecular weight excluding hydrogens is 333 g/mol. The average molecular weight is 345 g/mol. The Balaban J connectivity index is 2.45. The molecule has 0 aliphatic heterocycles. The van der Waals surface area contributed by atoms with Crippen molar-refractivity contribution in [3.05, 3.63) is 68.1 Å². The first-order chi connectivity index (χ1) is 8.63. The smallest absolute Gasteiger partial charge is 0.0589 e. The summed E-state index contributed by atoms with van der Waals surface area (Å²) in [7, 11) is 1.91. The third-order valence-electron chi connectivity index (χ3n) is 2.78. The van der Waals surface area contributed by atoms with Gasteiger partial charge in [0.2, 0.25) is 0 Å². The lowest BCUT2D eigenvalue weighted by Crippen LogP contribution is -2.18. The molecule has 1 unspecified atom stereocenters. The van der Waals surface area contributed by atoms with Crippen LogP contribution in [0.25, 0.3) is 0 Å². The van der Waals surface area contributed by atoms with Crippen molar-refractivity contribution in [3.63, 3.8) is 0 Å². The third-order valence-corrected chi connectivity index (χ3v) is 4.34. The second-order valence-corrected chi connectivity index (χ2v) is 5.59. The van der Waals surface area contributed by atoms with Crippen LogP contribution in [-0.2, 0) is 0 Å². The molecule has 0 fully saturated rings. The highest BCUT2D eigenvalue weighted by molar-refractivity contribution is 9.10. The van der Waals surface area contributed by atoms with Gasteiger partial charge in [-0.15, -0.1) is 0 Å². The molecule has 2 aromatic carbocycles. The molecular formula is C14H12BrCl2N. The second kappa shape index (κ2) is 6.07. The molecule has 0 saturated heterocycles. The van der Waals surface area contributed by atoms with E-state index in [0.29, 0.717) is 5.02 Å². The van der Waals surface area contributed by atoms with Crippen LogP contribution in [0.1, 0.15) is 17.2 Å². The number of hydrogen-bond acceptors (Lipinski definition) is 1. The quantitative estimate of drug-likeness (QED) is 0.820. The molecule has 1 atom stereocenters. The lowest BCUT2D eigenvalue weighted by atomic mass is 9.99. The minimum absolute atomic E-state index is 0.0484. The molecule has 0 aromatic heterocycles. The van der Waals surface area contributed by atoms with Crippen LogP contribution in [0.2, 0.25) is 10.0 Å². The molecule has 0 heterocycles. The lowest BCUT2D eigenvalue weighted by Gasteiger charge is -2.19. The van der Waals surface area contributed by atoms with Gasteiger partial charge in [0.25, 0.3) is 0 Å². The summed E-state index contributed by atoms with van der Waals surface area (Å²) >= 11 is 15.7. The Morgan fingerprint density at radius 2 is 1.78 bits per heavy atom. The van der Waals surface area contributed by atoms with Gasteiger partial charge in [-0.2, -0.15) is 0 Å². The second-order valence-electron chi connectivity index (χ2n) is 3.92. The molecule has 2 aromatic rings. The zero-order valence-electron chi connectivity index (χ0n) is 9.75. The molecule has 0 bridgehead atoms. The molecule has 0 aliphatic carbocycles. The predicted molar refractivity (Wildman–Crippen MR) is 81.5 cm³/mol. The van der Waals surface area contributed by atoms with Crippen molar-refractivity contribution in [2.24, 2.45) is 0 Å². The molecule has 0 amide bonds. The Labute approximate surface area is 125 Å². The first-order valence-electron chi connectivity index (χ1n) is 5.50. The standard InChI is InChI=1S/C14H12BrCl2N/c1-18-14(10-4-2-3-5-12(10)16)9-6-7-13(17)11(15)8-9/h2-8,14,18H,1H3. The minimum Gasteiger partial charge on any atom is -0.309 e. The van der Waals surface area contributed by atoms with Crippen molar-refractivity contribution in [1.82, 2.24) is 5.32 Å². The molecule has 94 valence electrons. The van der Waals surface area contributed by atoms with Crippen molar-refractivity contribution >= 4 is 39.1 Å². The maximum atomic E-state index is 6.24. The molecule has 2 rings (SSSR count). The Hall–Kier alpha value is -0.540. The number of nitrogens with one attached hydrogen (secondary N) is 1.